The zero-order valence-electron chi connectivity index (χ0n) is 10.7. The van der Waals surface area contributed by atoms with Crippen molar-refractivity contribution >= 4 is 46.1 Å². The van der Waals surface area contributed by atoms with Crippen LogP contribution in [0.25, 0.3) is 0 Å². The summed E-state index contributed by atoms with van der Waals surface area (Å²) in [6.07, 6.45) is 1.63. The minimum atomic E-state index is -0.685. The lowest BCUT2D eigenvalue weighted by atomic mass is 10.1. The van der Waals surface area contributed by atoms with Crippen LogP contribution in [0.1, 0.15) is 28.3 Å². The average molecular weight is 346 g/mol. The van der Waals surface area contributed by atoms with Gasteiger partial charge < -0.3 is 5.32 Å². The Morgan fingerprint density at radius 3 is 2.76 bits per heavy atom. The third-order valence-corrected chi connectivity index (χ3v) is 4.39. The number of benzene rings is 1. The number of hydrogen-bond acceptors (Lipinski definition) is 5. The Morgan fingerprint density at radius 1 is 1.48 bits per heavy atom. The minimum Gasteiger partial charge on any atom is -0.343 e. The summed E-state index contributed by atoms with van der Waals surface area (Å²) in [4.78, 5) is 26.4. The van der Waals surface area contributed by atoms with Crippen LogP contribution in [0.5, 0.6) is 0 Å². The van der Waals surface area contributed by atoms with Gasteiger partial charge in [-0.2, -0.15) is 0 Å². The summed E-state index contributed by atoms with van der Waals surface area (Å²) in [6.45, 7) is 1.77. The molecule has 9 heteroatoms. The summed E-state index contributed by atoms with van der Waals surface area (Å²) in [5.41, 5.74) is -0.337. The Balaban J connectivity index is 2.25. The molecule has 2 rings (SSSR count). The fourth-order valence-electron chi connectivity index (χ4n) is 1.63. The van der Waals surface area contributed by atoms with Crippen LogP contribution < -0.4 is 5.32 Å². The van der Waals surface area contributed by atoms with Gasteiger partial charge in [0.05, 0.1) is 16.0 Å². The van der Waals surface area contributed by atoms with Gasteiger partial charge in [0.2, 0.25) is 0 Å². The van der Waals surface area contributed by atoms with Gasteiger partial charge in [-0.3, -0.25) is 14.9 Å². The number of thiazole rings is 1. The molecule has 0 saturated carbocycles. The van der Waals surface area contributed by atoms with E-state index in [2.05, 4.69) is 10.3 Å². The van der Waals surface area contributed by atoms with Crippen molar-refractivity contribution in [2.45, 2.75) is 13.0 Å². The highest BCUT2D eigenvalue weighted by molar-refractivity contribution is 7.09. The number of nitrogens with one attached hydrogen (secondary N) is 1. The fraction of sp³-hybridized carbons (Fsp3) is 0.167. The summed E-state index contributed by atoms with van der Waals surface area (Å²) in [7, 11) is 0. The zero-order chi connectivity index (χ0) is 15.6. The molecule has 1 aromatic carbocycles. The molecule has 0 saturated heterocycles. The van der Waals surface area contributed by atoms with Crippen molar-refractivity contribution in [1.82, 2.24) is 10.3 Å². The van der Waals surface area contributed by atoms with Crippen LogP contribution >= 0.6 is 34.5 Å². The third kappa shape index (κ3) is 3.49. The van der Waals surface area contributed by atoms with Gasteiger partial charge in [-0.05, 0) is 13.0 Å². The molecule has 0 bridgehead atoms. The van der Waals surface area contributed by atoms with E-state index in [1.165, 1.54) is 17.4 Å². The van der Waals surface area contributed by atoms with Crippen LogP contribution in [0.2, 0.25) is 10.0 Å². The number of carbonyl (C=O) groups excluding carboxylic acids is 1. The minimum absolute atomic E-state index is 0.0436. The van der Waals surface area contributed by atoms with Crippen LogP contribution in [0.15, 0.2) is 23.7 Å². The maximum atomic E-state index is 12.1. The molecule has 1 aromatic heterocycles. The van der Waals surface area contributed by atoms with E-state index in [4.69, 9.17) is 23.2 Å². The lowest BCUT2D eigenvalue weighted by molar-refractivity contribution is -0.384. The Bertz CT molecular complexity index is 691. The molecule has 1 amide bonds. The van der Waals surface area contributed by atoms with E-state index in [0.717, 1.165) is 11.1 Å². The number of amides is 1. The molecule has 0 aliphatic rings. The van der Waals surface area contributed by atoms with E-state index in [1.54, 1.807) is 18.5 Å². The van der Waals surface area contributed by atoms with Crippen molar-refractivity contribution in [2.24, 2.45) is 0 Å². The van der Waals surface area contributed by atoms with Gasteiger partial charge in [-0.15, -0.1) is 11.3 Å². The second-order valence-corrected chi connectivity index (χ2v) is 5.83. The first-order chi connectivity index (χ1) is 9.90. The van der Waals surface area contributed by atoms with Gasteiger partial charge in [0.1, 0.15) is 10.0 Å². The largest absolute Gasteiger partial charge is 0.343 e. The quantitative estimate of drug-likeness (QED) is 0.673. The molecular formula is C12H9Cl2N3O3S. The van der Waals surface area contributed by atoms with E-state index in [0.29, 0.717) is 0 Å². The summed E-state index contributed by atoms with van der Waals surface area (Å²) in [5, 5.41) is 15.9. The molecule has 21 heavy (non-hydrogen) atoms. The summed E-state index contributed by atoms with van der Waals surface area (Å²) < 4.78 is 0. The van der Waals surface area contributed by atoms with E-state index < -0.39 is 16.5 Å². The van der Waals surface area contributed by atoms with E-state index in [-0.39, 0.29) is 21.7 Å². The van der Waals surface area contributed by atoms with Crippen molar-refractivity contribution in [1.29, 1.82) is 0 Å². The zero-order valence-corrected chi connectivity index (χ0v) is 13.0. The van der Waals surface area contributed by atoms with Crippen LogP contribution in [0.3, 0.4) is 0 Å². The lowest BCUT2D eigenvalue weighted by Gasteiger charge is -2.11. The van der Waals surface area contributed by atoms with Gasteiger partial charge >= 0.3 is 0 Å². The van der Waals surface area contributed by atoms with Gasteiger partial charge in [0.15, 0.2) is 0 Å². The number of nitro groups is 1. The number of nitro benzene ring substituents is 1. The molecule has 1 atom stereocenters. The molecule has 1 heterocycles. The molecule has 0 aliphatic carbocycles. The monoisotopic (exact) mass is 345 g/mol. The van der Waals surface area contributed by atoms with Gasteiger partial charge in [0.25, 0.3) is 11.6 Å². The highest BCUT2D eigenvalue weighted by Gasteiger charge is 2.21. The molecule has 6 nitrogen and oxygen atoms in total. The first-order valence-corrected chi connectivity index (χ1v) is 7.37. The van der Waals surface area contributed by atoms with Crippen molar-refractivity contribution in [3.8, 4) is 0 Å². The lowest BCUT2D eigenvalue weighted by Crippen LogP contribution is -2.26. The van der Waals surface area contributed by atoms with E-state index in [1.807, 2.05) is 0 Å². The Morgan fingerprint density at radius 2 is 2.19 bits per heavy atom. The van der Waals surface area contributed by atoms with Gasteiger partial charge in [-0.1, -0.05) is 23.2 Å². The average Bonchev–Trinajstić information content (AvgIpc) is 2.95. The smallest absolute Gasteiger partial charge is 0.290 e. The first-order valence-electron chi connectivity index (χ1n) is 5.74. The molecule has 0 radical (unpaired) electrons. The molecule has 1 N–H and O–H groups in total. The van der Waals surface area contributed by atoms with Crippen LogP contribution in [0.4, 0.5) is 5.69 Å². The number of carbonyl (C=O) groups is 1. The predicted octanol–water partition coefficient (Wildman–Crippen LogP) is 3.85. The number of nitrogens with zero attached hydrogens (tertiary/aromatic N) is 2. The molecule has 0 aliphatic heterocycles. The van der Waals surface area contributed by atoms with Crippen LogP contribution in [-0.2, 0) is 0 Å². The Kier molecular flexibility index (Phi) is 4.76. The van der Waals surface area contributed by atoms with Crippen LogP contribution in [0, 0.1) is 10.1 Å². The van der Waals surface area contributed by atoms with Crippen molar-refractivity contribution in [3.05, 3.63) is 54.4 Å². The van der Waals surface area contributed by atoms with Crippen molar-refractivity contribution in [3.63, 3.8) is 0 Å². The third-order valence-electron chi connectivity index (χ3n) is 2.64. The van der Waals surface area contributed by atoms with Crippen molar-refractivity contribution < 1.29 is 9.72 Å². The highest BCUT2D eigenvalue weighted by Crippen LogP contribution is 2.33. The molecule has 0 spiro atoms. The van der Waals surface area contributed by atoms with E-state index >= 15 is 0 Å². The molecular weight excluding hydrogens is 337 g/mol. The SMILES string of the molecule is CC(NC(=O)c1cc(Cl)c(Cl)c([N+](=O)[O-])c1)c1nccs1. The number of aromatic nitrogens is 1. The number of hydrogen-bond donors (Lipinski definition) is 1. The molecule has 2 aromatic rings. The second kappa shape index (κ2) is 6.38. The highest BCUT2D eigenvalue weighted by atomic mass is 35.5. The molecule has 1 unspecified atom stereocenters. The fourth-order valence-corrected chi connectivity index (χ4v) is 2.67. The molecule has 110 valence electrons. The maximum Gasteiger partial charge on any atom is 0.290 e. The first kappa shape index (κ1) is 15.7. The topological polar surface area (TPSA) is 85.1 Å². The van der Waals surface area contributed by atoms with Crippen LogP contribution in [-0.4, -0.2) is 15.8 Å². The van der Waals surface area contributed by atoms with E-state index in [9.17, 15) is 14.9 Å². The van der Waals surface area contributed by atoms with Gasteiger partial charge in [0, 0.05) is 23.2 Å². The number of halogens is 2. The van der Waals surface area contributed by atoms with Crippen molar-refractivity contribution in [2.75, 3.05) is 0 Å². The maximum absolute atomic E-state index is 12.1. The Hall–Kier alpha value is -1.70. The molecule has 0 fully saturated rings. The predicted molar refractivity (Wildman–Crippen MR) is 81.1 cm³/mol. The summed E-state index contributed by atoms with van der Waals surface area (Å²) in [5.74, 6) is -0.487. The number of rotatable bonds is 4. The Labute approximate surface area is 133 Å². The second-order valence-electron chi connectivity index (χ2n) is 4.11. The summed E-state index contributed by atoms with van der Waals surface area (Å²) in [6, 6.07) is 2.07. The van der Waals surface area contributed by atoms with Gasteiger partial charge in [-0.25, -0.2) is 4.98 Å². The normalized spacial score (nSPS) is 12.0. The standard InChI is InChI=1S/C12H9Cl2N3O3S/c1-6(12-15-2-3-21-12)16-11(18)7-4-8(13)10(14)9(5-7)17(19)20/h2-6H,1H3,(H,16,18). The summed E-state index contributed by atoms with van der Waals surface area (Å²) >= 11 is 13.0.